The molecule has 1 N–H and O–H groups in total. The Morgan fingerprint density at radius 2 is 2.14 bits per heavy atom. The van der Waals surface area contributed by atoms with E-state index < -0.39 is 4.92 Å². The summed E-state index contributed by atoms with van der Waals surface area (Å²) in [6.45, 7) is 0. The van der Waals surface area contributed by atoms with Crippen LogP contribution in [0.4, 0.5) is 11.4 Å². The summed E-state index contributed by atoms with van der Waals surface area (Å²) in [6.07, 6.45) is 1.36. The molecule has 0 aliphatic carbocycles. The zero-order chi connectivity index (χ0) is 15.4. The summed E-state index contributed by atoms with van der Waals surface area (Å²) in [7, 11) is 1.41. The van der Waals surface area contributed by atoms with E-state index >= 15 is 0 Å². The summed E-state index contributed by atoms with van der Waals surface area (Å²) in [5.41, 5.74) is 0.686. The van der Waals surface area contributed by atoms with Gasteiger partial charge in [0, 0.05) is 35.0 Å². The molecule has 0 aliphatic heterocycles. The number of ether oxygens (including phenoxy) is 1. The van der Waals surface area contributed by atoms with E-state index in [2.05, 4.69) is 4.99 Å². The van der Waals surface area contributed by atoms with E-state index in [1.54, 1.807) is 6.07 Å². The summed E-state index contributed by atoms with van der Waals surface area (Å²) in [5, 5.41) is 21.0. The summed E-state index contributed by atoms with van der Waals surface area (Å²) >= 11 is 5.91. The molecule has 2 aromatic rings. The maximum atomic E-state index is 10.7. The quantitative estimate of drug-likeness (QED) is 0.530. The molecule has 0 aliphatic rings. The molecule has 0 amide bonds. The largest absolute Gasteiger partial charge is 0.504 e. The van der Waals surface area contributed by atoms with Gasteiger partial charge in [0.05, 0.1) is 17.7 Å². The van der Waals surface area contributed by atoms with Crippen molar-refractivity contribution in [3.8, 4) is 11.5 Å². The van der Waals surface area contributed by atoms with Crippen LogP contribution >= 0.6 is 11.6 Å². The number of halogens is 1. The average Bonchev–Trinajstić information content (AvgIpc) is 2.48. The number of nitrogens with zero attached hydrogens (tertiary/aromatic N) is 2. The third kappa shape index (κ3) is 3.49. The molecular weight excluding hydrogens is 296 g/mol. The number of hydrogen-bond donors (Lipinski definition) is 1. The molecule has 0 heterocycles. The number of rotatable bonds is 4. The lowest BCUT2D eigenvalue weighted by Crippen LogP contribution is -1.89. The van der Waals surface area contributed by atoms with Crippen LogP contribution in [0.2, 0.25) is 5.02 Å². The number of aliphatic imine (C=N–C) groups is 1. The molecule has 108 valence electrons. The topological polar surface area (TPSA) is 85.0 Å². The van der Waals surface area contributed by atoms with Gasteiger partial charge in [-0.2, -0.15) is 0 Å². The molecule has 0 atom stereocenters. The van der Waals surface area contributed by atoms with Crippen LogP contribution in [0.15, 0.2) is 41.4 Å². The van der Waals surface area contributed by atoms with Crippen LogP contribution < -0.4 is 4.74 Å². The Labute approximate surface area is 125 Å². The third-order valence-corrected chi connectivity index (χ3v) is 2.90. The molecule has 0 unspecified atom stereocenters. The van der Waals surface area contributed by atoms with Gasteiger partial charge in [0.1, 0.15) is 0 Å². The molecule has 0 fully saturated rings. The third-order valence-electron chi connectivity index (χ3n) is 2.68. The van der Waals surface area contributed by atoms with Gasteiger partial charge in [0.2, 0.25) is 0 Å². The Morgan fingerprint density at radius 1 is 1.38 bits per heavy atom. The van der Waals surface area contributed by atoms with Gasteiger partial charge in [0.25, 0.3) is 5.69 Å². The Bertz CT molecular complexity index is 716. The van der Waals surface area contributed by atoms with E-state index in [4.69, 9.17) is 16.3 Å². The first kappa shape index (κ1) is 14.8. The highest BCUT2D eigenvalue weighted by Gasteiger charge is 2.09. The lowest BCUT2D eigenvalue weighted by molar-refractivity contribution is -0.384. The van der Waals surface area contributed by atoms with Crippen molar-refractivity contribution in [1.29, 1.82) is 0 Å². The highest BCUT2D eigenvalue weighted by atomic mass is 35.5. The molecule has 6 nitrogen and oxygen atoms in total. The van der Waals surface area contributed by atoms with Gasteiger partial charge >= 0.3 is 0 Å². The predicted octanol–water partition coefficient (Wildman–Crippen LogP) is 3.71. The number of nitro groups is 1. The van der Waals surface area contributed by atoms with Gasteiger partial charge < -0.3 is 9.84 Å². The van der Waals surface area contributed by atoms with E-state index in [1.165, 1.54) is 43.7 Å². The second-order valence-corrected chi connectivity index (χ2v) is 4.52. The lowest BCUT2D eigenvalue weighted by Gasteiger charge is -2.06. The molecule has 0 saturated carbocycles. The zero-order valence-electron chi connectivity index (χ0n) is 11.0. The van der Waals surface area contributed by atoms with Gasteiger partial charge in [-0.25, -0.2) is 0 Å². The van der Waals surface area contributed by atoms with E-state index in [-0.39, 0.29) is 17.2 Å². The summed E-state index contributed by atoms with van der Waals surface area (Å²) < 4.78 is 4.98. The van der Waals surface area contributed by atoms with Gasteiger partial charge in [-0.1, -0.05) is 17.7 Å². The van der Waals surface area contributed by atoms with Gasteiger partial charge in [-0.3, -0.25) is 15.1 Å². The van der Waals surface area contributed by atoms with Crippen LogP contribution in [0.5, 0.6) is 11.5 Å². The van der Waals surface area contributed by atoms with Crippen molar-refractivity contribution in [2.45, 2.75) is 0 Å². The number of non-ortho nitro benzene ring substituents is 1. The van der Waals surface area contributed by atoms with E-state index in [1.807, 2.05) is 0 Å². The number of nitro benzene ring substituents is 1. The van der Waals surface area contributed by atoms with Crippen LogP contribution in [-0.4, -0.2) is 23.4 Å². The fourth-order valence-corrected chi connectivity index (χ4v) is 1.90. The number of hydrogen-bond acceptors (Lipinski definition) is 5. The van der Waals surface area contributed by atoms with Crippen LogP contribution in [0, 0.1) is 10.1 Å². The summed E-state index contributed by atoms with van der Waals surface area (Å²) in [5.74, 6) is 0.124. The minimum atomic E-state index is -0.501. The van der Waals surface area contributed by atoms with E-state index in [0.717, 1.165) is 0 Å². The smallest absolute Gasteiger partial charge is 0.271 e. The Balaban J connectivity index is 2.35. The summed E-state index contributed by atoms with van der Waals surface area (Å²) in [4.78, 5) is 14.3. The SMILES string of the molecule is COc1cc(Cl)cc(C=Nc2cccc([N+](=O)[O-])c2)c1O. The zero-order valence-corrected chi connectivity index (χ0v) is 11.7. The second-order valence-electron chi connectivity index (χ2n) is 4.08. The van der Waals surface area contributed by atoms with Crippen molar-refractivity contribution in [2.24, 2.45) is 4.99 Å². The van der Waals surface area contributed by atoms with Crippen LogP contribution in [0.1, 0.15) is 5.56 Å². The molecule has 0 aromatic heterocycles. The Morgan fingerprint density at radius 3 is 2.81 bits per heavy atom. The van der Waals surface area contributed by atoms with Crippen molar-refractivity contribution < 1.29 is 14.8 Å². The monoisotopic (exact) mass is 306 g/mol. The molecule has 2 aromatic carbocycles. The van der Waals surface area contributed by atoms with Crippen molar-refractivity contribution >= 4 is 29.2 Å². The van der Waals surface area contributed by atoms with Crippen molar-refractivity contribution in [3.05, 3.63) is 57.1 Å². The average molecular weight is 307 g/mol. The van der Waals surface area contributed by atoms with E-state index in [0.29, 0.717) is 16.3 Å². The Hall–Kier alpha value is -2.60. The first-order chi connectivity index (χ1) is 10.0. The van der Waals surface area contributed by atoms with Crippen LogP contribution in [0.3, 0.4) is 0 Å². The van der Waals surface area contributed by atoms with Crippen molar-refractivity contribution in [1.82, 2.24) is 0 Å². The Kier molecular flexibility index (Phi) is 4.39. The fourth-order valence-electron chi connectivity index (χ4n) is 1.68. The van der Waals surface area contributed by atoms with Gasteiger partial charge in [-0.05, 0) is 12.1 Å². The number of phenolic OH excluding ortho intramolecular Hbond substituents is 1. The number of benzene rings is 2. The minimum absolute atomic E-state index is 0.0578. The maximum absolute atomic E-state index is 10.7. The summed E-state index contributed by atoms with van der Waals surface area (Å²) in [6, 6.07) is 8.83. The predicted molar refractivity (Wildman–Crippen MR) is 80.0 cm³/mol. The second kappa shape index (κ2) is 6.23. The molecule has 7 heteroatoms. The number of phenols is 1. The molecule has 0 saturated heterocycles. The lowest BCUT2D eigenvalue weighted by atomic mass is 10.2. The number of aromatic hydroxyl groups is 1. The standard InChI is InChI=1S/C14H11ClN2O4/c1-21-13-6-10(15)5-9(14(13)18)8-16-11-3-2-4-12(7-11)17(19)20/h2-8,18H,1H3. The molecule has 21 heavy (non-hydrogen) atoms. The van der Waals surface area contributed by atoms with Gasteiger partial charge in [0.15, 0.2) is 11.5 Å². The first-order valence-electron chi connectivity index (χ1n) is 5.86. The highest BCUT2D eigenvalue weighted by molar-refractivity contribution is 6.31. The molecule has 2 rings (SSSR count). The van der Waals surface area contributed by atoms with E-state index in [9.17, 15) is 15.2 Å². The van der Waals surface area contributed by atoms with Gasteiger partial charge in [-0.15, -0.1) is 0 Å². The molecular formula is C14H11ClN2O4. The molecule has 0 radical (unpaired) electrons. The minimum Gasteiger partial charge on any atom is -0.504 e. The van der Waals surface area contributed by atoms with Crippen LogP contribution in [0.25, 0.3) is 0 Å². The van der Waals surface area contributed by atoms with Crippen LogP contribution in [-0.2, 0) is 0 Å². The first-order valence-corrected chi connectivity index (χ1v) is 6.24. The molecule has 0 bridgehead atoms. The normalized spacial score (nSPS) is 10.8. The molecule has 0 spiro atoms. The maximum Gasteiger partial charge on any atom is 0.271 e. The van der Waals surface area contributed by atoms with Crippen molar-refractivity contribution in [3.63, 3.8) is 0 Å². The number of methoxy groups -OCH3 is 1. The fraction of sp³-hybridized carbons (Fsp3) is 0.0714. The highest BCUT2D eigenvalue weighted by Crippen LogP contribution is 2.32. The van der Waals surface area contributed by atoms with Crippen molar-refractivity contribution in [2.75, 3.05) is 7.11 Å².